The van der Waals surface area contributed by atoms with Gasteiger partial charge >= 0.3 is 6.03 Å². The van der Waals surface area contributed by atoms with Crippen LogP contribution in [0.4, 0.5) is 4.79 Å². The van der Waals surface area contributed by atoms with Crippen molar-refractivity contribution in [1.82, 2.24) is 25.4 Å². The molecule has 0 spiro atoms. The summed E-state index contributed by atoms with van der Waals surface area (Å²) in [7, 11) is 1.78. The van der Waals surface area contributed by atoms with Gasteiger partial charge in [0.15, 0.2) is 0 Å². The molecule has 0 aromatic carbocycles. The quantitative estimate of drug-likeness (QED) is 0.729. The summed E-state index contributed by atoms with van der Waals surface area (Å²) in [6.45, 7) is 2.26. The minimum atomic E-state index is -1.15. The molecule has 8 heteroatoms. The Hall–Kier alpha value is -1.93. The van der Waals surface area contributed by atoms with Gasteiger partial charge in [0.2, 0.25) is 0 Å². The second-order valence-corrected chi connectivity index (χ2v) is 5.73. The van der Waals surface area contributed by atoms with E-state index in [1.165, 1.54) is 11.3 Å². The zero-order valence-corrected chi connectivity index (χ0v) is 12.9. The molecule has 2 aromatic rings. The molecule has 0 fully saturated rings. The van der Waals surface area contributed by atoms with Gasteiger partial charge in [-0.3, -0.25) is 4.68 Å². The summed E-state index contributed by atoms with van der Waals surface area (Å²) in [4.78, 5) is 15.8. The lowest BCUT2D eigenvalue weighted by Crippen LogP contribution is -2.43. The van der Waals surface area contributed by atoms with Gasteiger partial charge in [0, 0.05) is 37.2 Å². The van der Waals surface area contributed by atoms with Crippen LogP contribution in [0.5, 0.6) is 0 Å². The molecule has 2 rings (SSSR count). The van der Waals surface area contributed by atoms with Gasteiger partial charge in [-0.25, -0.2) is 9.78 Å². The number of aromatic nitrogens is 3. The highest BCUT2D eigenvalue weighted by atomic mass is 32.1. The summed E-state index contributed by atoms with van der Waals surface area (Å²) in [5.41, 5.74) is 2.23. The number of aliphatic hydroxyl groups is 1. The fourth-order valence-corrected chi connectivity index (χ4v) is 2.37. The molecule has 114 valence electrons. The molecule has 0 saturated carbocycles. The third-order valence-electron chi connectivity index (χ3n) is 3.07. The van der Waals surface area contributed by atoms with E-state index >= 15 is 0 Å². The third kappa shape index (κ3) is 4.54. The Kier molecular flexibility index (Phi) is 4.92. The molecule has 0 radical (unpaired) electrons. The summed E-state index contributed by atoms with van der Waals surface area (Å²) >= 11 is 1.53. The molecule has 0 aliphatic carbocycles. The average Bonchev–Trinajstić information content (AvgIpc) is 3.08. The van der Waals surface area contributed by atoms with E-state index in [0.717, 1.165) is 5.69 Å². The van der Waals surface area contributed by atoms with Gasteiger partial charge < -0.3 is 15.7 Å². The number of aryl methyl sites for hydroxylation is 1. The van der Waals surface area contributed by atoms with Gasteiger partial charge in [-0.05, 0) is 6.92 Å². The zero-order valence-electron chi connectivity index (χ0n) is 12.0. The van der Waals surface area contributed by atoms with E-state index in [1.807, 2.05) is 5.38 Å². The van der Waals surface area contributed by atoms with E-state index in [-0.39, 0.29) is 12.6 Å². The molecule has 2 aromatic heterocycles. The van der Waals surface area contributed by atoms with Crippen LogP contribution in [0.15, 0.2) is 23.3 Å². The summed E-state index contributed by atoms with van der Waals surface area (Å²) in [5, 5.41) is 21.7. The maximum atomic E-state index is 11.7. The summed E-state index contributed by atoms with van der Waals surface area (Å²) in [6, 6.07) is -0.311. The second kappa shape index (κ2) is 6.68. The van der Waals surface area contributed by atoms with Gasteiger partial charge in [-0.2, -0.15) is 5.10 Å². The average molecular weight is 309 g/mol. The standard InChI is InChI=1S/C13H19N5O2S/c1-13(20,10-5-17-18(2)6-10)8-15-12(19)14-4-3-11-7-21-9-16-11/h5-7,9,20H,3-4,8H2,1-2H3,(H2,14,15,19). The Labute approximate surface area is 127 Å². The van der Waals surface area contributed by atoms with Crippen LogP contribution in [0.1, 0.15) is 18.2 Å². The fraction of sp³-hybridized carbons (Fsp3) is 0.462. The Bertz CT molecular complexity index is 579. The van der Waals surface area contributed by atoms with Crippen molar-refractivity contribution in [2.75, 3.05) is 13.1 Å². The van der Waals surface area contributed by atoms with E-state index in [4.69, 9.17) is 0 Å². The van der Waals surface area contributed by atoms with Gasteiger partial charge in [-0.15, -0.1) is 11.3 Å². The fourth-order valence-electron chi connectivity index (χ4n) is 1.78. The largest absolute Gasteiger partial charge is 0.383 e. The Morgan fingerprint density at radius 1 is 1.52 bits per heavy atom. The Balaban J connectivity index is 1.73. The Morgan fingerprint density at radius 3 is 2.95 bits per heavy atom. The molecule has 2 heterocycles. The number of hydrogen-bond acceptors (Lipinski definition) is 5. The molecule has 2 amide bonds. The molecule has 1 unspecified atom stereocenters. The first kappa shape index (κ1) is 15.5. The molecule has 0 aliphatic rings. The van der Waals surface area contributed by atoms with Gasteiger partial charge in [-0.1, -0.05) is 0 Å². The molecule has 0 bridgehead atoms. The van der Waals surface area contributed by atoms with Crippen LogP contribution in [0.25, 0.3) is 0 Å². The summed E-state index contributed by atoms with van der Waals surface area (Å²) in [5.74, 6) is 0. The highest BCUT2D eigenvalue weighted by molar-refractivity contribution is 7.07. The van der Waals surface area contributed by atoms with E-state index in [2.05, 4.69) is 20.7 Å². The van der Waals surface area contributed by atoms with Crippen molar-refractivity contribution < 1.29 is 9.90 Å². The smallest absolute Gasteiger partial charge is 0.314 e. The lowest BCUT2D eigenvalue weighted by molar-refractivity contribution is 0.0593. The lowest BCUT2D eigenvalue weighted by Gasteiger charge is -2.22. The van der Waals surface area contributed by atoms with Crippen molar-refractivity contribution in [3.8, 4) is 0 Å². The highest BCUT2D eigenvalue weighted by Gasteiger charge is 2.25. The minimum absolute atomic E-state index is 0.112. The molecule has 1 atom stereocenters. The first-order valence-electron chi connectivity index (χ1n) is 6.57. The SMILES string of the molecule is Cn1cc(C(C)(O)CNC(=O)NCCc2cscn2)cn1. The van der Waals surface area contributed by atoms with Crippen molar-refractivity contribution in [2.45, 2.75) is 18.9 Å². The zero-order chi connectivity index (χ0) is 15.3. The second-order valence-electron chi connectivity index (χ2n) is 5.02. The van der Waals surface area contributed by atoms with Crippen LogP contribution < -0.4 is 10.6 Å². The van der Waals surface area contributed by atoms with Crippen LogP contribution in [-0.2, 0) is 19.1 Å². The highest BCUT2D eigenvalue weighted by Crippen LogP contribution is 2.18. The number of carbonyl (C=O) groups excluding carboxylic acids is 1. The Morgan fingerprint density at radius 2 is 2.33 bits per heavy atom. The minimum Gasteiger partial charge on any atom is -0.383 e. The third-order valence-corrected chi connectivity index (χ3v) is 3.71. The number of nitrogens with one attached hydrogen (secondary N) is 2. The topological polar surface area (TPSA) is 92.1 Å². The molecule has 3 N–H and O–H groups in total. The van der Waals surface area contributed by atoms with Crippen LogP contribution in [0.3, 0.4) is 0 Å². The van der Waals surface area contributed by atoms with E-state index in [0.29, 0.717) is 18.5 Å². The number of urea groups is 1. The molecule has 7 nitrogen and oxygen atoms in total. The summed E-state index contributed by atoms with van der Waals surface area (Å²) < 4.78 is 1.61. The predicted octanol–water partition coefficient (Wildman–Crippen LogP) is 0.626. The van der Waals surface area contributed by atoms with Crippen molar-refractivity contribution in [1.29, 1.82) is 0 Å². The van der Waals surface area contributed by atoms with Gasteiger partial charge in [0.1, 0.15) is 5.60 Å². The summed E-state index contributed by atoms with van der Waals surface area (Å²) in [6.07, 6.45) is 4.00. The van der Waals surface area contributed by atoms with Crippen LogP contribution >= 0.6 is 11.3 Å². The molecular weight excluding hydrogens is 290 g/mol. The number of nitrogens with zero attached hydrogens (tertiary/aromatic N) is 3. The van der Waals surface area contributed by atoms with Crippen LogP contribution in [0.2, 0.25) is 0 Å². The van der Waals surface area contributed by atoms with Crippen molar-refractivity contribution in [2.24, 2.45) is 7.05 Å². The first-order chi connectivity index (χ1) is 9.97. The maximum absolute atomic E-state index is 11.7. The van der Waals surface area contributed by atoms with Crippen LogP contribution in [0, 0.1) is 0 Å². The monoisotopic (exact) mass is 309 g/mol. The number of amides is 2. The number of rotatable bonds is 6. The van der Waals surface area contributed by atoms with Crippen molar-refractivity contribution in [3.05, 3.63) is 34.5 Å². The number of carbonyl (C=O) groups is 1. The van der Waals surface area contributed by atoms with Gasteiger partial charge in [0.05, 0.1) is 23.9 Å². The molecule has 21 heavy (non-hydrogen) atoms. The van der Waals surface area contributed by atoms with Crippen molar-refractivity contribution >= 4 is 17.4 Å². The van der Waals surface area contributed by atoms with Gasteiger partial charge in [0.25, 0.3) is 0 Å². The number of hydrogen-bond donors (Lipinski definition) is 3. The van der Waals surface area contributed by atoms with E-state index in [9.17, 15) is 9.90 Å². The molecule has 0 aliphatic heterocycles. The lowest BCUT2D eigenvalue weighted by atomic mass is 10.00. The van der Waals surface area contributed by atoms with Crippen molar-refractivity contribution in [3.63, 3.8) is 0 Å². The molecule has 0 saturated heterocycles. The predicted molar refractivity (Wildman–Crippen MR) is 80.0 cm³/mol. The molecular formula is C13H19N5O2S. The first-order valence-corrected chi connectivity index (χ1v) is 7.52. The van der Waals surface area contributed by atoms with Crippen LogP contribution in [-0.4, -0.2) is 39.0 Å². The number of thiazole rings is 1. The normalized spacial score (nSPS) is 13.7. The van der Waals surface area contributed by atoms with E-state index < -0.39 is 5.60 Å². The maximum Gasteiger partial charge on any atom is 0.314 e. The van der Waals surface area contributed by atoms with E-state index in [1.54, 1.807) is 36.6 Å².